The van der Waals surface area contributed by atoms with Crippen molar-refractivity contribution in [2.24, 2.45) is 0 Å². The fourth-order valence-electron chi connectivity index (χ4n) is 2.73. The first kappa shape index (κ1) is 13.9. The third-order valence-corrected chi connectivity index (χ3v) is 7.97. The Morgan fingerprint density at radius 1 is 0.714 bits per heavy atom. The van der Waals surface area contributed by atoms with E-state index in [9.17, 15) is 0 Å². The Bertz CT molecular complexity index is 588. The van der Waals surface area contributed by atoms with E-state index in [1.54, 1.807) is 0 Å². The van der Waals surface area contributed by atoms with Crippen LogP contribution in [0.4, 0.5) is 0 Å². The number of hydrogen-bond donors (Lipinski definition) is 0. The van der Waals surface area contributed by atoms with Gasteiger partial charge < -0.3 is 0 Å². The summed E-state index contributed by atoms with van der Waals surface area (Å²) in [5.74, 6) is 0. The number of aromatic nitrogens is 2. The van der Waals surface area contributed by atoms with Crippen molar-refractivity contribution in [1.29, 1.82) is 0 Å². The van der Waals surface area contributed by atoms with E-state index in [0.29, 0.717) is 0 Å². The lowest BCUT2D eigenvalue weighted by Crippen LogP contribution is -2.35. The van der Waals surface area contributed by atoms with Crippen LogP contribution in [0.15, 0.2) is 79.1 Å². The van der Waals surface area contributed by atoms with Crippen molar-refractivity contribution < 1.29 is 0 Å². The summed E-state index contributed by atoms with van der Waals surface area (Å²) in [6.45, 7) is 2.24. The van der Waals surface area contributed by atoms with Crippen molar-refractivity contribution in [2.75, 3.05) is 6.16 Å². The SMILES string of the molecule is CC[P+](c1ccccc1)(c1ccccn1)c1ccccn1. The van der Waals surface area contributed by atoms with Crippen LogP contribution in [0.25, 0.3) is 0 Å². The molecular weight excluding hydrogens is 275 g/mol. The third kappa shape index (κ3) is 2.48. The van der Waals surface area contributed by atoms with E-state index >= 15 is 0 Å². The summed E-state index contributed by atoms with van der Waals surface area (Å²) < 4.78 is 0. The van der Waals surface area contributed by atoms with Crippen molar-refractivity contribution >= 4 is 23.4 Å². The quantitative estimate of drug-likeness (QED) is 0.691. The second kappa shape index (κ2) is 6.15. The van der Waals surface area contributed by atoms with Crippen LogP contribution in [-0.2, 0) is 0 Å². The molecule has 3 heteroatoms. The van der Waals surface area contributed by atoms with Gasteiger partial charge in [0, 0.05) is 24.5 Å². The molecule has 0 radical (unpaired) electrons. The minimum Gasteiger partial charge on any atom is -0.222 e. The maximum Gasteiger partial charge on any atom is 0.194 e. The van der Waals surface area contributed by atoms with Crippen LogP contribution in [0.3, 0.4) is 0 Å². The van der Waals surface area contributed by atoms with Gasteiger partial charge in [0.2, 0.25) is 0 Å². The summed E-state index contributed by atoms with van der Waals surface area (Å²) in [6.07, 6.45) is 4.78. The van der Waals surface area contributed by atoms with Crippen LogP contribution >= 0.6 is 7.26 Å². The molecule has 2 heterocycles. The molecule has 0 bridgehead atoms. The van der Waals surface area contributed by atoms with Gasteiger partial charge in [-0.2, -0.15) is 0 Å². The average molecular weight is 293 g/mol. The van der Waals surface area contributed by atoms with E-state index in [1.807, 2.05) is 24.5 Å². The van der Waals surface area contributed by atoms with E-state index < -0.39 is 7.26 Å². The highest BCUT2D eigenvalue weighted by molar-refractivity contribution is 7.95. The summed E-state index contributed by atoms with van der Waals surface area (Å²) in [7, 11) is -1.76. The molecule has 0 atom stereocenters. The predicted octanol–water partition coefficient (Wildman–Crippen LogP) is 2.79. The highest BCUT2D eigenvalue weighted by atomic mass is 31.2. The van der Waals surface area contributed by atoms with Crippen molar-refractivity contribution in [3.8, 4) is 0 Å². The van der Waals surface area contributed by atoms with Gasteiger partial charge >= 0.3 is 0 Å². The fourth-order valence-corrected chi connectivity index (χ4v) is 6.40. The van der Waals surface area contributed by atoms with Gasteiger partial charge in [-0.15, -0.1) is 0 Å². The highest BCUT2D eigenvalue weighted by Crippen LogP contribution is 2.53. The lowest BCUT2D eigenvalue weighted by molar-refractivity contribution is 1.34. The van der Waals surface area contributed by atoms with Gasteiger partial charge in [0.1, 0.15) is 5.30 Å². The van der Waals surface area contributed by atoms with Gasteiger partial charge in [-0.3, -0.25) is 0 Å². The predicted molar refractivity (Wildman–Crippen MR) is 91.3 cm³/mol. The van der Waals surface area contributed by atoms with Crippen molar-refractivity contribution in [1.82, 2.24) is 9.97 Å². The molecule has 0 aliphatic rings. The molecule has 0 unspecified atom stereocenters. The van der Waals surface area contributed by atoms with Crippen LogP contribution < -0.4 is 16.2 Å². The molecular formula is C18H18N2P+. The number of hydrogen-bond acceptors (Lipinski definition) is 2. The average Bonchev–Trinajstić information content (AvgIpc) is 2.59. The summed E-state index contributed by atoms with van der Waals surface area (Å²) in [5, 5.41) is 1.34. The summed E-state index contributed by atoms with van der Waals surface area (Å²) in [4.78, 5) is 9.37. The van der Waals surface area contributed by atoms with Crippen molar-refractivity contribution in [3.63, 3.8) is 0 Å². The molecule has 0 saturated heterocycles. The molecule has 3 aromatic rings. The monoisotopic (exact) mass is 293 g/mol. The Hall–Kier alpha value is -2.05. The molecule has 0 spiro atoms. The minimum absolute atomic E-state index is 1.02. The Morgan fingerprint density at radius 2 is 1.24 bits per heavy atom. The molecule has 1 aromatic carbocycles. The first-order valence-electron chi connectivity index (χ1n) is 7.15. The molecule has 0 fully saturated rings. The molecule has 0 aliphatic heterocycles. The molecule has 104 valence electrons. The number of nitrogens with zero attached hydrogens (tertiary/aromatic N) is 2. The van der Waals surface area contributed by atoms with Crippen molar-refractivity contribution in [2.45, 2.75) is 6.92 Å². The van der Waals surface area contributed by atoms with Crippen LogP contribution in [0.5, 0.6) is 0 Å². The smallest absolute Gasteiger partial charge is 0.194 e. The van der Waals surface area contributed by atoms with E-state index in [0.717, 1.165) is 17.0 Å². The lowest BCUT2D eigenvalue weighted by Gasteiger charge is -2.23. The fraction of sp³-hybridized carbons (Fsp3) is 0.111. The maximum absolute atomic E-state index is 4.68. The van der Waals surface area contributed by atoms with Gasteiger partial charge in [0.15, 0.2) is 18.1 Å². The number of rotatable bonds is 4. The Morgan fingerprint density at radius 3 is 1.67 bits per heavy atom. The van der Waals surface area contributed by atoms with E-state index in [-0.39, 0.29) is 0 Å². The number of pyridine rings is 2. The Balaban J connectivity index is 2.29. The zero-order valence-corrected chi connectivity index (χ0v) is 12.9. The number of benzene rings is 1. The molecule has 0 N–H and O–H groups in total. The van der Waals surface area contributed by atoms with Gasteiger partial charge in [-0.1, -0.05) is 30.3 Å². The van der Waals surface area contributed by atoms with Gasteiger partial charge in [-0.25, -0.2) is 9.97 Å². The van der Waals surface area contributed by atoms with E-state index in [1.165, 1.54) is 5.30 Å². The zero-order chi connectivity index (χ0) is 14.5. The second-order valence-electron chi connectivity index (χ2n) is 4.84. The van der Waals surface area contributed by atoms with Crippen LogP contribution in [0.1, 0.15) is 6.92 Å². The highest BCUT2D eigenvalue weighted by Gasteiger charge is 2.46. The third-order valence-electron chi connectivity index (χ3n) is 3.75. The normalized spacial score (nSPS) is 11.3. The van der Waals surface area contributed by atoms with Gasteiger partial charge in [0.05, 0.1) is 6.16 Å². The summed E-state index contributed by atoms with van der Waals surface area (Å²) in [6, 6.07) is 23.0. The lowest BCUT2D eigenvalue weighted by atomic mass is 10.4. The van der Waals surface area contributed by atoms with E-state index in [2.05, 4.69) is 71.5 Å². The zero-order valence-electron chi connectivity index (χ0n) is 12.1. The van der Waals surface area contributed by atoms with Gasteiger partial charge in [-0.05, 0) is 31.2 Å². The Kier molecular flexibility index (Phi) is 4.08. The largest absolute Gasteiger partial charge is 0.222 e. The van der Waals surface area contributed by atoms with Crippen LogP contribution in [0, 0.1) is 0 Å². The van der Waals surface area contributed by atoms with Gasteiger partial charge in [0.25, 0.3) is 0 Å². The molecule has 0 aliphatic carbocycles. The standard InChI is InChI=1S/C18H18N2P/c1-2-21(16-10-4-3-5-11-16,17-12-6-8-14-19-17)18-13-7-9-15-20-18/h3-15H,2H2,1H3/q+1. The molecule has 0 amide bonds. The minimum atomic E-state index is -1.76. The van der Waals surface area contributed by atoms with Crippen molar-refractivity contribution in [3.05, 3.63) is 79.1 Å². The molecule has 0 saturated carbocycles. The first-order chi connectivity index (χ1) is 10.4. The first-order valence-corrected chi connectivity index (χ1v) is 9.12. The molecule has 21 heavy (non-hydrogen) atoms. The Labute approximate surface area is 126 Å². The van der Waals surface area contributed by atoms with Crippen LogP contribution in [0.2, 0.25) is 0 Å². The van der Waals surface area contributed by atoms with E-state index in [4.69, 9.17) is 0 Å². The maximum atomic E-state index is 4.68. The summed E-state index contributed by atoms with van der Waals surface area (Å²) in [5.41, 5.74) is 2.30. The summed E-state index contributed by atoms with van der Waals surface area (Å²) >= 11 is 0. The second-order valence-corrected chi connectivity index (χ2v) is 8.52. The molecule has 2 nitrogen and oxygen atoms in total. The molecule has 3 rings (SSSR count). The topological polar surface area (TPSA) is 25.8 Å². The van der Waals surface area contributed by atoms with Crippen LogP contribution in [-0.4, -0.2) is 16.1 Å². The molecule has 2 aromatic heterocycles.